The van der Waals surface area contributed by atoms with Gasteiger partial charge >= 0.3 is 6.18 Å². The highest BCUT2D eigenvalue weighted by atomic mass is 19.4. The van der Waals surface area contributed by atoms with Crippen LogP contribution in [-0.4, -0.2) is 49.5 Å². The number of nitrogens with zero attached hydrogens (tertiary/aromatic N) is 4. The first-order chi connectivity index (χ1) is 22.7. The van der Waals surface area contributed by atoms with Crippen molar-refractivity contribution in [3.05, 3.63) is 101 Å². The number of carbonyl (C=O) groups is 2. The number of pyridine rings is 2. The first kappa shape index (κ1) is 32.4. The normalized spacial score (nSPS) is 17.0. The van der Waals surface area contributed by atoms with Gasteiger partial charge in [0.05, 0.1) is 16.9 Å². The molecule has 0 saturated heterocycles. The summed E-state index contributed by atoms with van der Waals surface area (Å²) >= 11 is 0. The van der Waals surface area contributed by atoms with E-state index < -0.39 is 77.1 Å². The average molecular weight is 665 g/mol. The number of fused-ring (bicyclic) bond motifs is 2. The van der Waals surface area contributed by atoms with Crippen molar-refractivity contribution < 1.29 is 41.4 Å². The lowest BCUT2D eigenvalue weighted by molar-refractivity contribution is -0.270. The Bertz CT molecular complexity index is 2060. The third kappa shape index (κ3) is 5.76. The van der Waals surface area contributed by atoms with Crippen molar-refractivity contribution in [2.45, 2.75) is 37.2 Å². The Balaban J connectivity index is 1.41. The predicted molar refractivity (Wildman–Crippen MR) is 162 cm³/mol. The monoisotopic (exact) mass is 664 g/mol. The topological polar surface area (TPSA) is 153 Å². The molecule has 5 aromatic rings. The highest BCUT2D eigenvalue weighted by Crippen LogP contribution is 2.49. The number of Topliss-reactive ketones (excluding diaryl/α,β-unsaturated/α-hetero) is 1. The molecule has 0 aliphatic carbocycles. The van der Waals surface area contributed by atoms with Gasteiger partial charge in [0.25, 0.3) is 11.6 Å². The number of anilines is 2. The Morgan fingerprint density at radius 1 is 1.06 bits per heavy atom. The highest BCUT2D eigenvalue weighted by molar-refractivity contribution is 6.03. The first-order valence-corrected chi connectivity index (χ1v) is 14.4. The van der Waals surface area contributed by atoms with Crippen molar-refractivity contribution in [3.8, 4) is 17.0 Å². The molecule has 246 valence electrons. The van der Waals surface area contributed by atoms with Gasteiger partial charge in [0.15, 0.2) is 11.5 Å². The van der Waals surface area contributed by atoms with Gasteiger partial charge in [-0.2, -0.15) is 13.2 Å². The molecule has 15 heteroatoms. The van der Waals surface area contributed by atoms with Crippen molar-refractivity contribution in [1.82, 2.24) is 19.9 Å². The van der Waals surface area contributed by atoms with Crippen molar-refractivity contribution in [2.24, 2.45) is 5.73 Å². The minimum absolute atomic E-state index is 0.00308. The van der Waals surface area contributed by atoms with Crippen molar-refractivity contribution in [1.29, 1.82) is 0 Å². The third-order valence-corrected chi connectivity index (χ3v) is 7.98. The minimum atomic E-state index is -5.44. The number of hydrogen-bond donors (Lipinski definition) is 3. The van der Waals surface area contributed by atoms with Crippen molar-refractivity contribution in [2.75, 3.05) is 11.9 Å². The van der Waals surface area contributed by atoms with E-state index in [-0.39, 0.29) is 17.1 Å². The number of ketones is 1. The number of aliphatic hydroxyl groups is 1. The lowest BCUT2D eigenvalue weighted by atomic mass is 9.86. The van der Waals surface area contributed by atoms with Crippen LogP contribution in [0.25, 0.3) is 22.2 Å². The van der Waals surface area contributed by atoms with Gasteiger partial charge in [-0.1, -0.05) is 0 Å². The largest absolute Gasteiger partial charge is 0.487 e. The second kappa shape index (κ2) is 11.9. The molecule has 0 bridgehead atoms. The number of amides is 1. The van der Waals surface area contributed by atoms with E-state index in [0.29, 0.717) is 22.7 Å². The SMILES string of the molecule is Cc1cnc2c(Nc3ncccn3)cc(C(=O)CC[C@](O)(c3cc4c(c(-c5ccc(F)cc5)n3)OC[C@]4(F)C(N)=O)C(F)(F)F)cc2c1. The second-order valence-corrected chi connectivity index (χ2v) is 11.3. The lowest BCUT2D eigenvalue weighted by Crippen LogP contribution is -2.44. The average Bonchev–Trinajstić information content (AvgIpc) is 3.40. The number of hydrogen-bond acceptors (Lipinski definition) is 9. The fraction of sp³-hybridized carbons (Fsp3) is 0.212. The van der Waals surface area contributed by atoms with E-state index >= 15 is 4.39 Å². The summed E-state index contributed by atoms with van der Waals surface area (Å²) in [6.07, 6.45) is -2.96. The van der Waals surface area contributed by atoms with Gasteiger partial charge < -0.3 is 20.9 Å². The molecular formula is C33H25F5N6O4. The molecule has 0 saturated carbocycles. The zero-order chi connectivity index (χ0) is 34.4. The van der Waals surface area contributed by atoms with Gasteiger partial charge in [-0.25, -0.2) is 23.7 Å². The lowest BCUT2D eigenvalue weighted by Gasteiger charge is -2.31. The molecule has 48 heavy (non-hydrogen) atoms. The van der Waals surface area contributed by atoms with Crippen LogP contribution in [0.2, 0.25) is 0 Å². The molecule has 10 nitrogen and oxygen atoms in total. The molecule has 2 aromatic carbocycles. The maximum atomic E-state index is 15.8. The molecule has 0 unspecified atom stereocenters. The number of alkyl halides is 4. The summed E-state index contributed by atoms with van der Waals surface area (Å²) in [5, 5.41) is 14.8. The number of ether oxygens (including phenoxy) is 1. The van der Waals surface area contributed by atoms with E-state index in [1.165, 1.54) is 24.5 Å². The number of carbonyl (C=O) groups excluding carboxylic acids is 2. The molecule has 0 spiro atoms. The van der Waals surface area contributed by atoms with E-state index in [2.05, 4.69) is 25.3 Å². The Kier molecular flexibility index (Phi) is 8.03. The minimum Gasteiger partial charge on any atom is -0.487 e. The molecule has 0 radical (unpaired) electrons. The van der Waals surface area contributed by atoms with E-state index in [9.17, 15) is 32.3 Å². The first-order valence-electron chi connectivity index (χ1n) is 14.4. The van der Waals surface area contributed by atoms with Crippen LogP contribution in [0.3, 0.4) is 0 Å². The van der Waals surface area contributed by atoms with Crippen LogP contribution >= 0.6 is 0 Å². The van der Waals surface area contributed by atoms with Crippen LogP contribution < -0.4 is 15.8 Å². The molecule has 1 amide bonds. The molecule has 4 heterocycles. The Hall–Kier alpha value is -5.57. The van der Waals surface area contributed by atoms with Gasteiger partial charge in [-0.05, 0) is 73.5 Å². The summed E-state index contributed by atoms with van der Waals surface area (Å²) in [5.74, 6) is -3.21. The van der Waals surface area contributed by atoms with Gasteiger partial charge in [0.1, 0.15) is 18.1 Å². The van der Waals surface area contributed by atoms with Crippen LogP contribution in [0.5, 0.6) is 5.75 Å². The van der Waals surface area contributed by atoms with Gasteiger partial charge in [0, 0.05) is 47.1 Å². The van der Waals surface area contributed by atoms with Crippen molar-refractivity contribution >= 4 is 34.2 Å². The van der Waals surface area contributed by atoms with Crippen LogP contribution in [0.4, 0.5) is 33.6 Å². The number of aromatic nitrogens is 4. The number of benzene rings is 2. The predicted octanol–water partition coefficient (Wildman–Crippen LogP) is 5.73. The summed E-state index contributed by atoms with van der Waals surface area (Å²) in [4.78, 5) is 42.2. The quantitative estimate of drug-likeness (QED) is 0.132. The zero-order valence-electron chi connectivity index (χ0n) is 25.0. The Morgan fingerprint density at radius 2 is 1.77 bits per heavy atom. The number of primary amides is 1. The van der Waals surface area contributed by atoms with Gasteiger partial charge in [0.2, 0.25) is 11.5 Å². The maximum Gasteiger partial charge on any atom is 0.422 e. The summed E-state index contributed by atoms with van der Waals surface area (Å²) in [5.41, 5.74) is -2.31. The molecule has 6 rings (SSSR count). The summed E-state index contributed by atoms with van der Waals surface area (Å²) in [6.45, 7) is 0.817. The molecule has 2 atom stereocenters. The van der Waals surface area contributed by atoms with Gasteiger partial charge in [-0.3, -0.25) is 14.6 Å². The number of halogens is 5. The zero-order valence-corrected chi connectivity index (χ0v) is 25.0. The highest BCUT2D eigenvalue weighted by Gasteiger charge is 2.58. The molecule has 0 fully saturated rings. The van der Waals surface area contributed by atoms with E-state index in [1.807, 2.05) is 0 Å². The summed E-state index contributed by atoms with van der Waals surface area (Å²) in [6, 6.07) is 11.0. The molecular weight excluding hydrogens is 639 g/mol. The standard InChI is InChI=1S/C33H25F5N6O4/c1-17-11-20-12-19(13-23(26(20)42-15-17)43-30-40-9-2-10-41-30)24(45)7-8-32(47,33(36,37)38)25-14-22-28(48-16-31(22,35)29(39)46)27(44-25)18-3-5-21(34)6-4-18/h2-6,9-15,47H,7-8,16H2,1H3,(H2,39,46)(H,40,41,43)/t31-,32+/m1/s1. The van der Waals surface area contributed by atoms with Gasteiger partial charge in [-0.15, -0.1) is 0 Å². The van der Waals surface area contributed by atoms with E-state index in [0.717, 1.165) is 29.8 Å². The van der Waals surface area contributed by atoms with Crippen LogP contribution in [0, 0.1) is 12.7 Å². The molecule has 3 aromatic heterocycles. The van der Waals surface area contributed by atoms with E-state index in [1.54, 1.807) is 25.3 Å². The maximum absolute atomic E-state index is 15.8. The number of nitrogens with two attached hydrogens (primary N) is 1. The Morgan fingerprint density at radius 3 is 2.44 bits per heavy atom. The smallest absolute Gasteiger partial charge is 0.422 e. The fourth-order valence-corrected chi connectivity index (χ4v) is 5.40. The van der Waals surface area contributed by atoms with E-state index in [4.69, 9.17) is 10.5 Å². The number of rotatable bonds is 9. The molecule has 1 aliphatic rings. The van der Waals surface area contributed by atoms with Crippen LogP contribution in [-0.2, 0) is 16.1 Å². The third-order valence-electron chi connectivity index (χ3n) is 7.98. The number of nitrogens with one attached hydrogen (secondary N) is 1. The van der Waals surface area contributed by atoms with Crippen LogP contribution in [0.15, 0.2) is 73.2 Å². The van der Waals surface area contributed by atoms with Crippen LogP contribution in [0.1, 0.15) is 40.0 Å². The fourth-order valence-electron chi connectivity index (χ4n) is 5.40. The summed E-state index contributed by atoms with van der Waals surface area (Å²) in [7, 11) is 0. The van der Waals surface area contributed by atoms with Crippen molar-refractivity contribution in [3.63, 3.8) is 0 Å². The summed E-state index contributed by atoms with van der Waals surface area (Å²) < 4.78 is 79.2. The number of aryl methyl sites for hydroxylation is 1. The second-order valence-electron chi connectivity index (χ2n) is 11.3. The molecule has 4 N–H and O–H groups in total. The molecule has 1 aliphatic heterocycles. The Labute approximate surface area is 268 Å².